The predicted octanol–water partition coefficient (Wildman–Crippen LogP) is 1.57. The second kappa shape index (κ2) is 6.89. The Hall–Kier alpha value is -0.570. The zero-order chi connectivity index (χ0) is 10.3. The van der Waals surface area contributed by atoms with Gasteiger partial charge in [-0.25, -0.2) is 0 Å². The normalized spacial score (nSPS) is 13.0. The van der Waals surface area contributed by atoms with Crippen molar-refractivity contribution in [1.29, 1.82) is 0 Å². The number of methoxy groups -OCH3 is 1. The third kappa shape index (κ3) is 4.88. The molecule has 0 aliphatic carbocycles. The first-order valence-electron chi connectivity index (χ1n) is 4.94. The van der Waals surface area contributed by atoms with Gasteiger partial charge in [-0.1, -0.05) is 27.2 Å². The summed E-state index contributed by atoms with van der Waals surface area (Å²) < 4.78 is 4.70. The van der Waals surface area contributed by atoms with E-state index >= 15 is 0 Å². The lowest BCUT2D eigenvalue weighted by molar-refractivity contribution is -0.144. The summed E-state index contributed by atoms with van der Waals surface area (Å²) >= 11 is 0. The molecule has 0 spiro atoms. The van der Waals surface area contributed by atoms with E-state index in [0.29, 0.717) is 0 Å². The first-order chi connectivity index (χ1) is 6.13. The number of ether oxygens (including phenoxy) is 1. The quantitative estimate of drug-likeness (QED) is 0.507. The fraction of sp³-hybridized carbons (Fsp3) is 0.900. The molecule has 0 saturated heterocycles. The molecule has 0 bridgehead atoms. The molecule has 1 N–H and O–H groups in total. The van der Waals surface area contributed by atoms with Crippen molar-refractivity contribution in [3.63, 3.8) is 0 Å². The Balaban J connectivity index is 3.88. The van der Waals surface area contributed by atoms with Gasteiger partial charge in [0.2, 0.25) is 0 Å². The molecular weight excluding hydrogens is 166 g/mol. The molecule has 0 aromatic carbocycles. The van der Waals surface area contributed by atoms with Gasteiger partial charge in [-0.15, -0.1) is 0 Å². The highest BCUT2D eigenvalue weighted by Crippen LogP contribution is 2.03. The third-order valence-corrected chi connectivity index (χ3v) is 2.02. The van der Waals surface area contributed by atoms with Crippen molar-refractivity contribution in [3.8, 4) is 0 Å². The van der Waals surface area contributed by atoms with Crippen molar-refractivity contribution < 1.29 is 9.53 Å². The number of carbonyl (C=O) groups excluding carboxylic acids is 1. The van der Waals surface area contributed by atoms with E-state index in [1.54, 1.807) is 0 Å². The molecule has 0 aliphatic rings. The van der Waals surface area contributed by atoms with Crippen molar-refractivity contribution >= 4 is 5.97 Å². The summed E-state index contributed by atoms with van der Waals surface area (Å²) in [6, 6.07) is -0.156. The fourth-order valence-corrected chi connectivity index (χ4v) is 1.15. The number of carbonyl (C=O) groups is 1. The molecule has 78 valence electrons. The predicted molar refractivity (Wildman–Crippen MR) is 53.6 cm³/mol. The lowest BCUT2D eigenvalue weighted by atomic mass is 10.0. The second-order valence-electron chi connectivity index (χ2n) is 3.55. The highest BCUT2D eigenvalue weighted by Gasteiger charge is 2.21. The maximum atomic E-state index is 11.3. The Morgan fingerprint density at radius 2 is 2.08 bits per heavy atom. The van der Waals surface area contributed by atoms with Crippen LogP contribution < -0.4 is 5.32 Å². The summed E-state index contributed by atoms with van der Waals surface area (Å²) in [5.74, 6) is 0.121. The average molecular weight is 187 g/mol. The lowest BCUT2D eigenvalue weighted by Gasteiger charge is -2.19. The van der Waals surface area contributed by atoms with Crippen LogP contribution in [0.4, 0.5) is 0 Å². The van der Waals surface area contributed by atoms with Gasteiger partial charge in [0, 0.05) is 0 Å². The molecule has 0 rings (SSSR count). The Morgan fingerprint density at radius 1 is 1.46 bits per heavy atom. The summed E-state index contributed by atoms with van der Waals surface area (Å²) in [6.45, 7) is 7.04. The topological polar surface area (TPSA) is 38.3 Å². The monoisotopic (exact) mass is 187 g/mol. The molecule has 0 heterocycles. The third-order valence-electron chi connectivity index (χ3n) is 2.02. The molecule has 0 fully saturated rings. The van der Waals surface area contributed by atoms with E-state index in [2.05, 4.69) is 12.2 Å². The van der Waals surface area contributed by atoms with E-state index in [4.69, 9.17) is 4.74 Å². The Labute approximate surface area is 80.8 Å². The van der Waals surface area contributed by atoms with E-state index in [9.17, 15) is 4.79 Å². The van der Waals surface area contributed by atoms with Crippen molar-refractivity contribution in [2.24, 2.45) is 5.92 Å². The smallest absolute Gasteiger partial charge is 0.323 e. The van der Waals surface area contributed by atoms with Gasteiger partial charge in [-0.05, 0) is 18.9 Å². The van der Waals surface area contributed by atoms with Gasteiger partial charge >= 0.3 is 5.97 Å². The number of unbranched alkanes of at least 4 members (excludes halogenated alkanes) is 1. The average Bonchev–Trinajstić information content (AvgIpc) is 2.11. The van der Waals surface area contributed by atoms with Crippen LogP contribution in [0.2, 0.25) is 0 Å². The summed E-state index contributed by atoms with van der Waals surface area (Å²) in [7, 11) is 1.43. The summed E-state index contributed by atoms with van der Waals surface area (Å²) in [5.41, 5.74) is 0. The van der Waals surface area contributed by atoms with Crippen LogP contribution in [0.3, 0.4) is 0 Å². The van der Waals surface area contributed by atoms with Crippen molar-refractivity contribution in [2.45, 2.75) is 39.7 Å². The number of nitrogens with one attached hydrogen (secondary N) is 1. The van der Waals surface area contributed by atoms with Gasteiger partial charge in [0.1, 0.15) is 6.04 Å². The molecule has 0 unspecified atom stereocenters. The maximum Gasteiger partial charge on any atom is 0.323 e. The van der Waals surface area contributed by atoms with Crippen LogP contribution in [0.15, 0.2) is 0 Å². The van der Waals surface area contributed by atoms with Crippen LogP contribution in [0.5, 0.6) is 0 Å². The van der Waals surface area contributed by atoms with E-state index in [0.717, 1.165) is 19.4 Å². The van der Waals surface area contributed by atoms with Crippen molar-refractivity contribution in [2.75, 3.05) is 13.7 Å². The standard InChI is InChI=1S/C10H21NO2/c1-5-6-7-11-9(8(2)3)10(12)13-4/h8-9,11H,5-7H2,1-4H3/t9-/m0/s1. The number of esters is 1. The Bertz CT molecular complexity index is 146. The first-order valence-corrected chi connectivity index (χ1v) is 4.94. The highest BCUT2D eigenvalue weighted by atomic mass is 16.5. The van der Waals surface area contributed by atoms with Gasteiger partial charge in [-0.3, -0.25) is 4.79 Å². The minimum absolute atomic E-state index is 0.156. The molecule has 3 nitrogen and oxygen atoms in total. The van der Waals surface area contributed by atoms with E-state index in [1.807, 2.05) is 13.8 Å². The van der Waals surface area contributed by atoms with Crippen molar-refractivity contribution in [3.05, 3.63) is 0 Å². The molecule has 0 amide bonds. The van der Waals surface area contributed by atoms with Crippen molar-refractivity contribution in [1.82, 2.24) is 5.32 Å². The largest absolute Gasteiger partial charge is 0.468 e. The van der Waals surface area contributed by atoms with Gasteiger partial charge in [0.05, 0.1) is 7.11 Å². The lowest BCUT2D eigenvalue weighted by Crippen LogP contribution is -2.42. The van der Waals surface area contributed by atoms with Gasteiger partial charge in [0.25, 0.3) is 0 Å². The Morgan fingerprint density at radius 3 is 2.46 bits per heavy atom. The minimum Gasteiger partial charge on any atom is -0.468 e. The molecule has 3 heteroatoms. The molecule has 1 atom stereocenters. The Kier molecular flexibility index (Phi) is 6.59. The van der Waals surface area contributed by atoms with Crippen LogP contribution in [-0.4, -0.2) is 25.7 Å². The van der Waals surface area contributed by atoms with Crippen LogP contribution in [0.25, 0.3) is 0 Å². The first kappa shape index (κ1) is 12.4. The molecule has 0 aliphatic heterocycles. The summed E-state index contributed by atoms with van der Waals surface area (Å²) in [4.78, 5) is 11.3. The van der Waals surface area contributed by atoms with Gasteiger partial charge < -0.3 is 10.1 Å². The van der Waals surface area contributed by atoms with Gasteiger partial charge in [0.15, 0.2) is 0 Å². The molecule has 13 heavy (non-hydrogen) atoms. The van der Waals surface area contributed by atoms with Crippen LogP contribution in [0.1, 0.15) is 33.6 Å². The van der Waals surface area contributed by atoms with Crippen LogP contribution in [-0.2, 0) is 9.53 Å². The SMILES string of the molecule is CCCCN[C@H](C(=O)OC)C(C)C. The maximum absolute atomic E-state index is 11.3. The zero-order valence-electron chi connectivity index (χ0n) is 9.09. The number of hydrogen-bond acceptors (Lipinski definition) is 3. The van der Waals surface area contributed by atoms with Gasteiger partial charge in [-0.2, -0.15) is 0 Å². The minimum atomic E-state index is -0.161. The number of rotatable bonds is 6. The molecule has 0 aromatic rings. The second-order valence-corrected chi connectivity index (χ2v) is 3.55. The summed E-state index contributed by atoms with van der Waals surface area (Å²) in [6.07, 6.45) is 2.24. The molecule has 0 saturated carbocycles. The van der Waals surface area contributed by atoms with E-state index in [1.165, 1.54) is 7.11 Å². The van der Waals surface area contributed by atoms with E-state index in [-0.39, 0.29) is 17.9 Å². The highest BCUT2D eigenvalue weighted by molar-refractivity contribution is 5.75. The molecule has 0 radical (unpaired) electrons. The van der Waals surface area contributed by atoms with Crippen LogP contribution >= 0.6 is 0 Å². The van der Waals surface area contributed by atoms with Crippen LogP contribution in [0, 0.1) is 5.92 Å². The molecule has 0 aromatic heterocycles. The number of hydrogen-bond donors (Lipinski definition) is 1. The summed E-state index contributed by atoms with van der Waals surface area (Å²) in [5, 5.41) is 3.20. The fourth-order valence-electron chi connectivity index (χ4n) is 1.15. The van der Waals surface area contributed by atoms with E-state index < -0.39 is 0 Å². The zero-order valence-corrected chi connectivity index (χ0v) is 9.09. The molecular formula is C10H21NO2.